The number of carbonyl (C=O) groups excluding carboxylic acids is 1. The van der Waals surface area contributed by atoms with Gasteiger partial charge in [0.15, 0.2) is 5.69 Å². The molecule has 0 bridgehead atoms. The highest BCUT2D eigenvalue weighted by molar-refractivity contribution is 5.94. The second kappa shape index (κ2) is 8.28. The second-order valence-electron chi connectivity index (χ2n) is 4.01. The highest BCUT2D eigenvalue weighted by Crippen LogP contribution is 2.08. The van der Waals surface area contributed by atoms with Gasteiger partial charge >= 0.3 is 5.97 Å². The number of aromatic carboxylic acids is 1. The van der Waals surface area contributed by atoms with Crippen LogP contribution in [0.5, 0.6) is 0 Å². The first-order valence-electron chi connectivity index (χ1n) is 6.07. The van der Waals surface area contributed by atoms with Gasteiger partial charge in [-0.15, -0.1) is 0 Å². The predicted octanol–water partition coefficient (Wildman–Crippen LogP) is 0.498. The van der Waals surface area contributed by atoms with Gasteiger partial charge in [-0.1, -0.05) is 5.16 Å². The summed E-state index contributed by atoms with van der Waals surface area (Å²) in [6.07, 6.45) is 0.662. The van der Waals surface area contributed by atoms with E-state index in [0.717, 1.165) is 6.07 Å². The Bertz CT molecular complexity index is 445. The number of nitrogens with zero attached hydrogens (tertiary/aromatic N) is 2. The van der Waals surface area contributed by atoms with Crippen molar-refractivity contribution in [3.8, 4) is 0 Å². The van der Waals surface area contributed by atoms with Gasteiger partial charge in [0.05, 0.1) is 6.61 Å². The number of carboxylic acid groups (broad SMARTS) is 1. The monoisotopic (exact) mass is 286 g/mol. The average Bonchev–Trinajstić information content (AvgIpc) is 2.92. The van der Waals surface area contributed by atoms with Crippen molar-refractivity contribution in [3.05, 3.63) is 17.5 Å². The number of carbonyl (C=O) groups is 2. The zero-order valence-electron chi connectivity index (χ0n) is 11.5. The Morgan fingerprint density at radius 2 is 2.00 bits per heavy atom. The fraction of sp³-hybridized carbons (Fsp3) is 0.583. The van der Waals surface area contributed by atoms with E-state index < -0.39 is 11.9 Å². The van der Waals surface area contributed by atoms with Gasteiger partial charge in [-0.3, -0.25) is 4.79 Å². The van der Waals surface area contributed by atoms with Crippen LogP contribution < -0.4 is 0 Å². The number of carboxylic acids is 1. The number of methoxy groups -OCH3 is 2. The Hall–Kier alpha value is -1.93. The van der Waals surface area contributed by atoms with Gasteiger partial charge in [0.1, 0.15) is 0 Å². The summed E-state index contributed by atoms with van der Waals surface area (Å²) in [4.78, 5) is 24.4. The number of ether oxygens (including phenoxy) is 2. The van der Waals surface area contributed by atoms with Crippen molar-refractivity contribution < 1.29 is 28.7 Å². The molecular weight excluding hydrogens is 268 g/mol. The first-order chi connectivity index (χ1) is 9.60. The van der Waals surface area contributed by atoms with Crippen molar-refractivity contribution in [2.24, 2.45) is 0 Å². The number of rotatable bonds is 9. The molecule has 0 saturated heterocycles. The molecule has 0 spiro atoms. The molecule has 1 N–H and O–H groups in total. The molecular formula is C12H18N2O6. The fourth-order valence-electron chi connectivity index (χ4n) is 1.55. The fourth-order valence-corrected chi connectivity index (χ4v) is 1.55. The Labute approximate surface area is 116 Å². The quantitative estimate of drug-likeness (QED) is 0.659. The van der Waals surface area contributed by atoms with Gasteiger partial charge in [0.25, 0.3) is 5.91 Å². The first-order valence-corrected chi connectivity index (χ1v) is 6.07. The number of amides is 1. The number of aromatic nitrogens is 1. The van der Waals surface area contributed by atoms with Gasteiger partial charge < -0.3 is 24.0 Å². The molecule has 1 amide bonds. The van der Waals surface area contributed by atoms with Crippen molar-refractivity contribution in [1.29, 1.82) is 0 Å². The van der Waals surface area contributed by atoms with Crippen LogP contribution in [-0.4, -0.2) is 67.6 Å². The molecule has 1 aromatic heterocycles. The average molecular weight is 286 g/mol. The second-order valence-corrected chi connectivity index (χ2v) is 4.01. The van der Waals surface area contributed by atoms with Crippen LogP contribution in [0.1, 0.15) is 27.5 Å². The van der Waals surface area contributed by atoms with Crippen LogP contribution in [0.15, 0.2) is 10.6 Å². The lowest BCUT2D eigenvalue weighted by atomic mass is 10.3. The van der Waals surface area contributed by atoms with Crippen LogP contribution in [0, 0.1) is 0 Å². The van der Waals surface area contributed by atoms with Crippen molar-refractivity contribution >= 4 is 11.9 Å². The molecule has 0 aliphatic carbocycles. The molecule has 8 heteroatoms. The highest BCUT2D eigenvalue weighted by atomic mass is 16.5. The van der Waals surface area contributed by atoms with Crippen LogP contribution in [0.3, 0.4) is 0 Å². The van der Waals surface area contributed by atoms with E-state index in [9.17, 15) is 9.59 Å². The van der Waals surface area contributed by atoms with Crippen molar-refractivity contribution in [1.82, 2.24) is 10.1 Å². The van der Waals surface area contributed by atoms with E-state index in [1.807, 2.05) is 0 Å². The minimum absolute atomic E-state index is 0.0316. The Kier molecular flexibility index (Phi) is 6.68. The third-order valence-electron chi connectivity index (χ3n) is 2.57. The lowest BCUT2D eigenvalue weighted by molar-refractivity contribution is 0.0639. The third-order valence-corrected chi connectivity index (χ3v) is 2.57. The van der Waals surface area contributed by atoms with E-state index in [1.165, 1.54) is 12.0 Å². The molecule has 20 heavy (non-hydrogen) atoms. The maximum Gasteiger partial charge on any atom is 0.374 e. The minimum atomic E-state index is -1.26. The molecule has 1 aromatic rings. The lowest BCUT2D eigenvalue weighted by Gasteiger charge is -2.20. The summed E-state index contributed by atoms with van der Waals surface area (Å²) in [5, 5.41) is 12.2. The third kappa shape index (κ3) is 4.63. The Balaban J connectivity index is 2.71. The Morgan fingerprint density at radius 1 is 1.30 bits per heavy atom. The van der Waals surface area contributed by atoms with E-state index in [-0.39, 0.29) is 11.5 Å². The van der Waals surface area contributed by atoms with Gasteiger partial charge in [0, 0.05) is 40.0 Å². The number of hydrogen-bond donors (Lipinski definition) is 1. The molecule has 112 valence electrons. The zero-order chi connectivity index (χ0) is 15.0. The maximum atomic E-state index is 12.2. The number of hydrogen-bond acceptors (Lipinski definition) is 6. The molecule has 1 rings (SSSR count). The van der Waals surface area contributed by atoms with Gasteiger partial charge in [-0.25, -0.2) is 4.79 Å². The summed E-state index contributed by atoms with van der Waals surface area (Å²) in [7, 11) is 3.12. The summed E-state index contributed by atoms with van der Waals surface area (Å²) in [5.74, 6) is -2.02. The summed E-state index contributed by atoms with van der Waals surface area (Å²) >= 11 is 0. The molecule has 0 unspecified atom stereocenters. The highest BCUT2D eigenvalue weighted by Gasteiger charge is 2.21. The summed E-state index contributed by atoms with van der Waals surface area (Å²) < 4.78 is 14.5. The molecule has 0 saturated carbocycles. The predicted molar refractivity (Wildman–Crippen MR) is 67.7 cm³/mol. The van der Waals surface area contributed by atoms with Crippen molar-refractivity contribution in [3.63, 3.8) is 0 Å². The van der Waals surface area contributed by atoms with E-state index in [2.05, 4.69) is 9.68 Å². The topological polar surface area (TPSA) is 102 Å². The maximum absolute atomic E-state index is 12.2. The van der Waals surface area contributed by atoms with Gasteiger partial charge in [-0.05, 0) is 6.42 Å². The molecule has 8 nitrogen and oxygen atoms in total. The van der Waals surface area contributed by atoms with Gasteiger partial charge in [0.2, 0.25) is 5.76 Å². The first kappa shape index (κ1) is 16.1. The molecule has 0 aromatic carbocycles. The molecule has 0 atom stereocenters. The zero-order valence-corrected chi connectivity index (χ0v) is 11.5. The molecule has 0 aliphatic heterocycles. The summed E-state index contributed by atoms with van der Waals surface area (Å²) in [6.45, 7) is 1.75. The van der Waals surface area contributed by atoms with Crippen molar-refractivity contribution in [2.45, 2.75) is 6.42 Å². The smallest absolute Gasteiger partial charge is 0.374 e. The molecule has 1 heterocycles. The molecule has 0 fully saturated rings. The van der Waals surface area contributed by atoms with E-state index in [4.69, 9.17) is 14.6 Å². The summed E-state index contributed by atoms with van der Waals surface area (Å²) in [6, 6.07) is 1.11. The van der Waals surface area contributed by atoms with Crippen LogP contribution >= 0.6 is 0 Å². The van der Waals surface area contributed by atoms with E-state index in [0.29, 0.717) is 32.7 Å². The minimum Gasteiger partial charge on any atom is -0.475 e. The Morgan fingerprint density at radius 3 is 2.55 bits per heavy atom. The SMILES string of the molecule is COCCCN(CCOC)C(=O)c1cc(C(=O)O)on1. The summed E-state index contributed by atoms with van der Waals surface area (Å²) in [5.41, 5.74) is -0.0316. The van der Waals surface area contributed by atoms with Crippen LogP contribution in [-0.2, 0) is 9.47 Å². The largest absolute Gasteiger partial charge is 0.475 e. The van der Waals surface area contributed by atoms with Crippen molar-refractivity contribution in [2.75, 3.05) is 40.5 Å². The van der Waals surface area contributed by atoms with Crippen LogP contribution in [0.2, 0.25) is 0 Å². The van der Waals surface area contributed by atoms with E-state index in [1.54, 1.807) is 7.11 Å². The lowest BCUT2D eigenvalue weighted by Crippen LogP contribution is -2.35. The van der Waals surface area contributed by atoms with Crippen LogP contribution in [0.4, 0.5) is 0 Å². The normalized spacial score (nSPS) is 10.5. The standard InChI is InChI=1S/C12H18N2O6/c1-18-6-3-4-14(5-7-19-2)11(15)9-8-10(12(16)17)20-13-9/h8H,3-7H2,1-2H3,(H,16,17). The molecule has 0 radical (unpaired) electrons. The van der Waals surface area contributed by atoms with Crippen LogP contribution in [0.25, 0.3) is 0 Å². The van der Waals surface area contributed by atoms with E-state index >= 15 is 0 Å². The van der Waals surface area contributed by atoms with Gasteiger partial charge in [-0.2, -0.15) is 0 Å². The molecule has 0 aliphatic rings.